The van der Waals surface area contributed by atoms with Gasteiger partial charge in [-0.25, -0.2) is 19.3 Å². The van der Waals surface area contributed by atoms with Gasteiger partial charge in [0.1, 0.15) is 12.1 Å². The Hall–Kier alpha value is -3.48. The minimum atomic E-state index is -0.315. The molecule has 0 amide bonds. The van der Waals surface area contributed by atoms with Crippen LogP contribution in [0.5, 0.6) is 0 Å². The molecular formula is C19H15FN6. The first-order valence-corrected chi connectivity index (χ1v) is 8.13. The van der Waals surface area contributed by atoms with Gasteiger partial charge in [-0.1, -0.05) is 30.3 Å². The SMILES string of the molecule is CC(Nc1ncnc2nnc(-c3ccc(F)cc3)nc12)c1ccccc1. The highest BCUT2D eigenvalue weighted by atomic mass is 19.1. The Morgan fingerprint density at radius 2 is 1.69 bits per heavy atom. The third kappa shape index (κ3) is 3.19. The van der Waals surface area contributed by atoms with Crippen LogP contribution < -0.4 is 5.32 Å². The number of nitrogens with one attached hydrogen (secondary N) is 1. The molecule has 0 aliphatic heterocycles. The van der Waals surface area contributed by atoms with E-state index >= 15 is 0 Å². The fourth-order valence-corrected chi connectivity index (χ4v) is 2.63. The maximum Gasteiger partial charge on any atom is 0.205 e. The molecule has 0 saturated heterocycles. The molecule has 2 heterocycles. The van der Waals surface area contributed by atoms with E-state index < -0.39 is 0 Å². The first kappa shape index (κ1) is 16.0. The molecule has 0 aliphatic carbocycles. The lowest BCUT2D eigenvalue weighted by Gasteiger charge is -2.15. The zero-order valence-electron chi connectivity index (χ0n) is 14.0. The van der Waals surface area contributed by atoms with Crippen LogP contribution in [0.15, 0.2) is 60.9 Å². The summed E-state index contributed by atoms with van der Waals surface area (Å²) >= 11 is 0. The fourth-order valence-electron chi connectivity index (χ4n) is 2.63. The molecule has 0 bridgehead atoms. The second kappa shape index (κ2) is 6.79. The van der Waals surface area contributed by atoms with Gasteiger partial charge in [-0.2, -0.15) is 0 Å². The van der Waals surface area contributed by atoms with Crippen LogP contribution in [-0.4, -0.2) is 25.1 Å². The van der Waals surface area contributed by atoms with Crippen molar-refractivity contribution in [1.29, 1.82) is 0 Å². The molecule has 6 nitrogen and oxygen atoms in total. The van der Waals surface area contributed by atoms with E-state index in [9.17, 15) is 4.39 Å². The van der Waals surface area contributed by atoms with Crippen molar-refractivity contribution in [1.82, 2.24) is 25.1 Å². The number of fused-ring (bicyclic) bond motifs is 1. The normalized spacial score (nSPS) is 12.1. The zero-order valence-corrected chi connectivity index (χ0v) is 14.0. The molecule has 0 aliphatic rings. The molecule has 7 heteroatoms. The molecule has 2 aromatic heterocycles. The van der Waals surface area contributed by atoms with Gasteiger partial charge in [0.2, 0.25) is 5.65 Å². The van der Waals surface area contributed by atoms with E-state index in [-0.39, 0.29) is 11.9 Å². The number of hydrogen-bond donors (Lipinski definition) is 1. The number of aromatic nitrogens is 5. The molecule has 26 heavy (non-hydrogen) atoms. The van der Waals surface area contributed by atoms with Crippen molar-refractivity contribution in [3.05, 3.63) is 72.3 Å². The van der Waals surface area contributed by atoms with Crippen molar-refractivity contribution in [3.63, 3.8) is 0 Å². The van der Waals surface area contributed by atoms with Crippen molar-refractivity contribution in [2.24, 2.45) is 0 Å². The smallest absolute Gasteiger partial charge is 0.205 e. The topological polar surface area (TPSA) is 76.5 Å². The van der Waals surface area contributed by atoms with E-state index in [0.717, 1.165) is 5.56 Å². The van der Waals surface area contributed by atoms with Gasteiger partial charge in [0.15, 0.2) is 17.2 Å². The summed E-state index contributed by atoms with van der Waals surface area (Å²) in [5, 5.41) is 11.6. The summed E-state index contributed by atoms with van der Waals surface area (Å²) in [7, 11) is 0. The zero-order chi connectivity index (χ0) is 17.9. The fraction of sp³-hybridized carbons (Fsp3) is 0.105. The number of hydrogen-bond acceptors (Lipinski definition) is 6. The van der Waals surface area contributed by atoms with E-state index in [0.29, 0.717) is 28.4 Å². The average Bonchev–Trinajstić information content (AvgIpc) is 2.69. The summed E-state index contributed by atoms with van der Waals surface area (Å²) < 4.78 is 13.1. The minimum Gasteiger partial charge on any atom is -0.362 e. The second-order valence-electron chi connectivity index (χ2n) is 5.81. The number of halogens is 1. The Morgan fingerprint density at radius 3 is 2.46 bits per heavy atom. The van der Waals surface area contributed by atoms with E-state index in [2.05, 4.69) is 30.5 Å². The summed E-state index contributed by atoms with van der Waals surface area (Å²) in [4.78, 5) is 13.0. The lowest BCUT2D eigenvalue weighted by molar-refractivity contribution is 0.628. The summed E-state index contributed by atoms with van der Waals surface area (Å²) in [6.45, 7) is 2.04. The molecular weight excluding hydrogens is 331 g/mol. The van der Waals surface area contributed by atoms with Crippen LogP contribution in [-0.2, 0) is 0 Å². The highest BCUT2D eigenvalue weighted by molar-refractivity contribution is 5.83. The van der Waals surface area contributed by atoms with Crippen molar-refractivity contribution < 1.29 is 4.39 Å². The van der Waals surface area contributed by atoms with Crippen molar-refractivity contribution in [2.45, 2.75) is 13.0 Å². The molecule has 1 N–H and O–H groups in total. The minimum absolute atomic E-state index is 0.0264. The Kier molecular flexibility index (Phi) is 4.18. The summed E-state index contributed by atoms with van der Waals surface area (Å²) in [6, 6.07) is 16.0. The third-order valence-corrected chi connectivity index (χ3v) is 4.02. The first-order valence-electron chi connectivity index (χ1n) is 8.13. The van der Waals surface area contributed by atoms with Crippen LogP contribution in [0.4, 0.5) is 10.2 Å². The lowest BCUT2D eigenvalue weighted by atomic mass is 10.1. The van der Waals surface area contributed by atoms with Gasteiger partial charge in [-0.05, 0) is 36.8 Å². The van der Waals surface area contributed by atoms with E-state index in [1.807, 2.05) is 37.3 Å². The van der Waals surface area contributed by atoms with Crippen molar-refractivity contribution in [3.8, 4) is 11.4 Å². The van der Waals surface area contributed by atoms with Gasteiger partial charge >= 0.3 is 0 Å². The molecule has 4 aromatic rings. The molecule has 0 saturated carbocycles. The van der Waals surface area contributed by atoms with Crippen LogP contribution in [0.25, 0.3) is 22.6 Å². The van der Waals surface area contributed by atoms with Crippen LogP contribution in [0.1, 0.15) is 18.5 Å². The van der Waals surface area contributed by atoms with Gasteiger partial charge in [-0.15, -0.1) is 10.2 Å². The van der Waals surface area contributed by atoms with E-state index in [4.69, 9.17) is 0 Å². The molecule has 128 valence electrons. The monoisotopic (exact) mass is 346 g/mol. The molecule has 4 rings (SSSR count). The Bertz CT molecular complexity index is 1040. The highest BCUT2D eigenvalue weighted by Crippen LogP contribution is 2.23. The molecule has 0 spiro atoms. The Balaban J connectivity index is 1.73. The molecule has 0 fully saturated rings. The molecule has 1 unspecified atom stereocenters. The Labute approximate surface area is 149 Å². The van der Waals surface area contributed by atoms with Crippen LogP contribution >= 0.6 is 0 Å². The maximum atomic E-state index is 13.1. The largest absolute Gasteiger partial charge is 0.362 e. The van der Waals surface area contributed by atoms with Crippen LogP contribution in [0.2, 0.25) is 0 Å². The molecule has 0 radical (unpaired) electrons. The standard InChI is InChI=1S/C19H15FN6/c1-12(13-5-3-2-4-6-13)23-18-16-19(22-11-21-18)26-25-17(24-16)14-7-9-15(20)10-8-14/h2-12H,1H3,(H,21,22,23,26). The maximum absolute atomic E-state index is 13.1. The quantitative estimate of drug-likeness (QED) is 0.606. The predicted molar refractivity (Wildman–Crippen MR) is 96.8 cm³/mol. The predicted octanol–water partition coefficient (Wildman–Crippen LogP) is 3.79. The van der Waals surface area contributed by atoms with Gasteiger partial charge in [-0.3, -0.25) is 0 Å². The van der Waals surface area contributed by atoms with Crippen LogP contribution in [0.3, 0.4) is 0 Å². The van der Waals surface area contributed by atoms with Gasteiger partial charge in [0, 0.05) is 5.56 Å². The van der Waals surface area contributed by atoms with Gasteiger partial charge < -0.3 is 5.32 Å². The number of nitrogens with zero attached hydrogens (tertiary/aromatic N) is 5. The number of benzene rings is 2. The average molecular weight is 346 g/mol. The number of anilines is 1. The van der Waals surface area contributed by atoms with Crippen LogP contribution in [0, 0.1) is 5.82 Å². The van der Waals surface area contributed by atoms with Crippen molar-refractivity contribution in [2.75, 3.05) is 5.32 Å². The molecule has 1 atom stereocenters. The molecule has 2 aromatic carbocycles. The highest BCUT2D eigenvalue weighted by Gasteiger charge is 2.13. The number of rotatable bonds is 4. The second-order valence-corrected chi connectivity index (χ2v) is 5.81. The first-order chi connectivity index (χ1) is 12.7. The lowest BCUT2D eigenvalue weighted by Crippen LogP contribution is -2.10. The summed E-state index contributed by atoms with van der Waals surface area (Å²) in [5.41, 5.74) is 2.71. The summed E-state index contributed by atoms with van der Waals surface area (Å²) in [5.74, 6) is 0.650. The summed E-state index contributed by atoms with van der Waals surface area (Å²) in [6.07, 6.45) is 1.43. The van der Waals surface area contributed by atoms with E-state index in [1.165, 1.54) is 18.5 Å². The van der Waals surface area contributed by atoms with Gasteiger partial charge in [0.05, 0.1) is 6.04 Å². The van der Waals surface area contributed by atoms with E-state index in [1.54, 1.807) is 12.1 Å². The Morgan fingerprint density at radius 1 is 0.923 bits per heavy atom. The third-order valence-electron chi connectivity index (χ3n) is 4.02. The van der Waals surface area contributed by atoms with Crippen molar-refractivity contribution >= 4 is 17.0 Å². The van der Waals surface area contributed by atoms with Gasteiger partial charge in [0.25, 0.3) is 0 Å².